The van der Waals surface area contributed by atoms with E-state index in [2.05, 4.69) is 68.1 Å². The summed E-state index contributed by atoms with van der Waals surface area (Å²) in [5.74, 6) is 1.32. The molecule has 0 amide bonds. The molecule has 0 aromatic heterocycles. The van der Waals surface area contributed by atoms with Crippen molar-refractivity contribution >= 4 is 9.24 Å². The van der Waals surface area contributed by atoms with Crippen molar-refractivity contribution in [3.63, 3.8) is 0 Å². The number of hydrogen-bond donors (Lipinski definition) is 0. The Morgan fingerprint density at radius 2 is 1.53 bits per heavy atom. The Kier molecular flexibility index (Phi) is 9.65. The van der Waals surface area contributed by atoms with E-state index in [1.807, 2.05) is 0 Å². The monoisotopic (exact) mass is 321 g/mol. The Bertz CT molecular complexity index is 180. The van der Waals surface area contributed by atoms with Crippen LogP contribution >= 0.6 is 9.24 Å². The van der Waals surface area contributed by atoms with Crippen molar-refractivity contribution in [1.29, 1.82) is 0 Å². The summed E-state index contributed by atoms with van der Waals surface area (Å²) < 4.78 is 0. The number of rotatable bonds is 5. The van der Waals surface area contributed by atoms with Gasteiger partial charge in [-0.3, -0.25) is 0 Å². The molecule has 1 nitrogen and oxygen atoms in total. The second-order valence-electron chi connectivity index (χ2n) is 4.97. The zero-order valence-electron chi connectivity index (χ0n) is 10.9. The molecule has 0 aliphatic carbocycles. The summed E-state index contributed by atoms with van der Waals surface area (Å²) in [6, 6.07) is 0. The molecule has 0 radical (unpaired) electrons. The van der Waals surface area contributed by atoms with Gasteiger partial charge in [-0.05, 0) is 25.9 Å². The zero-order chi connectivity index (χ0) is 11.4. The van der Waals surface area contributed by atoms with Gasteiger partial charge in [0.15, 0.2) is 0 Å². The molecule has 0 bridgehead atoms. The maximum Gasteiger partial charge on any atom is 0.0157 e. The zero-order valence-corrected chi connectivity index (χ0v) is 13.6. The van der Waals surface area contributed by atoms with E-state index < -0.39 is 0 Å². The number of hydrogen-bond acceptors (Lipinski definition) is 1. The molecule has 0 fully saturated rings. The first kappa shape index (κ1) is 18.2. The number of allylic oxidation sites excluding steroid dienone is 1. The Morgan fingerprint density at radius 3 is 1.80 bits per heavy atom. The molecule has 94 valence electrons. The molecule has 0 spiro atoms. The van der Waals surface area contributed by atoms with Crippen LogP contribution in [0.25, 0.3) is 0 Å². The van der Waals surface area contributed by atoms with E-state index in [4.69, 9.17) is 0 Å². The molecule has 0 heterocycles. The normalized spacial score (nSPS) is 12.9. The van der Waals surface area contributed by atoms with E-state index in [1.54, 1.807) is 0 Å². The minimum atomic E-state index is 0. The first-order valence-electron chi connectivity index (χ1n) is 5.42. The van der Waals surface area contributed by atoms with Gasteiger partial charge < -0.3 is 4.90 Å². The summed E-state index contributed by atoms with van der Waals surface area (Å²) in [7, 11) is 7.22. The van der Waals surface area contributed by atoms with Gasteiger partial charge in [0.2, 0.25) is 0 Å². The molecule has 0 aliphatic rings. The van der Waals surface area contributed by atoms with Crippen molar-refractivity contribution < 1.29 is 20.4 Å². The molecule has 0 aromatic rings. The molecule has 1 atom stereocenters. The van der Waals surface area contributed by atoms with Gasteiger partial charge in [0, 0.05) is 32.1 Å². The second kappa shape index (κ2) is 7.97. The van der Waals surface area contributed by atoms with E-state index in [0.29, 0.717) is 11.8 Å². The van der Waals surface area contributed by atoms with Gasteiger partial charge in [0.05, 0.1) is 0 Å². The third kappa shape index (κ3) is 6.18. The van der Waals surface area contributed by atoms with Gasteiger partial charge >= 0.3 is 0 Å². The van der Waals surface area contributed by atoms with Crippen molar-refractivity contribution in [2.45, 2.75) is 32.9 Å². The molecule has 0 saturated heterocycles. The largest absolute Gasteiger partial charge is 0.306 e. The fourth-order valence-corrected chi connectivity index (χ4v) is 1.66. The minimum Gasteiger partial charge on any atom is -0.306 e. The van der Waals surface area contributed by atoms with E-state index >= 15 is 0 Å². The second-order valence-corrected chi connectivity index (χ2v) is 5.97. The van der Waals surface area contributed by atoms with Crippen LogP contribution in [0.4, 0.5) is 0 Å². The summed E-state index contributed by atoms with van der Waals surface area (Å²) >= 11 is 0. The smallest absolute Gasteiger partial charge is 0.0157 e. The third-order valence-corrected chi connectivity index (χ3v) is 4.40. The predicted molar refractivity (Wildman–Crippen MR) is 69.8 cm³/mol. The van der Waals surface area contributed by atoms with Crippen LogP contribution in [0.15, 0.2) is 12.2 Å². The summed E-state index contributed by atoms with van der Waals surface area (Å²) in [4.78, 5) is 2.18. The molecule has 1 unspecified atom stereocenters. The summed E-state index contributed by atoms with van der Waals surface area (Å²) in [5.41, 5.74) is 0. The first-order valence-corrected chi connectivity index (χ1v) is 5.99. The van der Waals surface area contributed by atoms with Crippen LogP contribution in [0.3, 0.4) is 0 Å². The average Bonchev–Trinajstić information content (AvgIpc) is 2.02. The molecular weight excluding hydrogens is 296 g/mol. The van der Waals surface area contributed by atoms with E-state index in [1.165, 1.54) is 0 Å². The quantitative estimate of drug-likeness (QED) is 0.427. The van der Waals surface area contributed by atoms with Crippen LogP contribution in [0.1, 0.15) is 27.7 Å². The van der Waals surface area contributed by atoms with Gasteiger partial charge in [0.25, 0.3) is 0 Å². The van der Waals surface area contributed by atoms with Crippen molar-refractivity contribution in [2.75, 3.05) is 20.6 Å². The summed E-state index contributed by atoms with van der Waals surface area (Å²) in [5, 5.41) is 0.246. The van der Waals surface area contributed by atoms with E-state index in [0.717, 1.165) is 6.54 Å². The van der Waals surface area contributed by atoms with Crippen molar-refractivity contribution in [3.05, 3.63) is 12.2 Å². The fourth-order valence-electron chi connectivity index (χ4n) is 1.52. The Hall–Kier alpha value is 0.792. The van der Waals surface area contributed by atoms with E-state index in [-0.39, 0.29) is 25.6 Å². The maximum atomic E-state index is 3.02. The van der Waals surface area contributed by atoms with Crippen molar-refractivity contribution in [3.8, 4) is 0 Å². The number of likely N-dealkylation sites (N-methyl/N-ethyl adjacent to an activating group) is 1. The summed E-state index contributed by atoms with van der Waals surface area (Å²) in [6.07, 6.45) is 4.62. The Labute approximate surface area is 112 Å². The van der Waals surface area contributed by atoms with Crippen LogP contribution in [0.2, 0.25) is 0 Å². The number of nitrogens with zero attached hydrogens (tertiary/aromatic N) is 1. The third-order valence-electron chi connectivity index (χ3n) is 2.88. The van der Waals surface area contributed by atoms with E-state index in [9.17, 15) is 0 Å². The van der Waals surface area contributed by atoms with Crippen LogP contribution in [0, 0.1) is 11.8 Å². The van der Waals surface area contributed by atoms with Gasteiger partial charge in [-0.15, -0.1) is 9.24 Å². The minimum absolute atomic E-state index is 0. The Balaban J connectivity index is 0. The standard InChI is InChI=1S/C12H26NP.Pd/c1-10(2)12(14,11(3)4)8-7-9-13(5)6;/h7-8,10-11H,9,14H2,1-6H3;/b8-7+;. The molecule has 15 heavy (non-hydrogen) atoms. The van der Waals surface area contributed by atoms with Crippen molar-refractivity contribution in [2.24, 2.45) is 11.8 Å². The van der Waals surface area contributed by atoms with Crippen LogP contribution in [-0.4, -0.2) is 30.7 Å². The van der Waals surface area contributed by atoms with Gasteiger partial charge in [-0.1, -0.05) is 39.8 Å². The van der Waals surface area contributed by atoms with Crippen LogP contribution in [0.5, 0.6) is 0 Å². The van der Waals surface area contributed by atoms with Gasteiger partial charge in [-0.25, -0.2) is 0 Å². The van der Waals surface area contributed by atoms with Crippen LogP contribution < -0.4 is 0 Å². The first-order chi connectivity index (χ1) is 6.30. The molecule has 0 rings (SSSR count). The average molecular weight is 322 g/mol. The van der Waals surface area contributed by atoms with Gasteiger partial charge in [-0.2, -0.15) is 0 Å². The molecule has 0 saturated carbocycles. The predicted octanol–water partition coefficient (Wildman–Crippen LogP) is 3.03. The molecule has 0 aromatic carbocycles. The fraction of sp³-hybridized carbons (Fsp3) is 0.833. The Morgan fingerprint density at radius 1 is 1.13 bits per heavy atom. The molecule has 0 N–H and O–H groups in total. The molecular formula is C12H26NPPd. The topological polar surface area (TPSA) is 3.24 Å². The van der Waals surface area contributed by atoms with Crippen molar-refractivity contribution in [1.82, 2.24) is 4.90 Å². The molecule has 0 aliphatic heterocycles. The van der Waals surface area contributed by atoms with Gasteiger partial charge in [0.1, 0.15) is 0 Å². The molecule has 3 heteroatoms. The maximum absolute atomic E-state index is 3.02. The SMILES string of the molecule is CC(C)C(P)(/C=C/CN(C)C)C(C)C.[Pd]. The summed E-state index contributed by atoms with van der Waals surface area (Å²) in [6.45, 7) is 10.2. The van der Waals surface area contributed by atoms with Crippen LogP contribution in [-0.2, 0) is 20.4 Å².